The maximum Gasteiger partial charge on any atom is 0.220 e. The summed E-state index contributed by atoms with van der Waals surface area (Å²) >= 11 is 5.82. The molecule has 0 aliphatic carbocycles. The van der Waals surface area contributed by atoms with E-state index in [0.29, 0.717) is 29.0 Å². The quantitative estimate of drug-likeness (QED) is 0.376. The van der Waals surface area contributed by atoms with Gasteiger partial charge in [0.1, 0.15) is 18.0 Å². The molecule has 0 radical (unpaired) electrons. The van der Waals surface area contributed by atoms with Crippen LogP contribution >= 0.6 is 11.6 Å². The molecule has 2 aromatic heterocycles. The lowest BCUT2D eigenvalue weighted by molar-refractivity contribution is 0.228. The van der Waals surface area contributed by atoms with Gasteiger partial charge in [-0.1, -0.05) is 11.6 Å². The van der Waals surface area contributed by atoms with Crippen molar-refractivity contribution in [2.24, 2.45) is 0 Å². The number of anilines is 2. The van der Waals surface area contributed by atoms with E-state index in [9.17, 15) is 12.8 Å². The first-order valence-corrected chi connectivity index (χ1v) is 11.2. The third-order valence-corrected chi connectivity index (χ3v) is 5.73. The standard InChI is InChI=1S/C20H21ClFN5O3S/c1-27(2)6-3-7-30-8-9-31(28,29)19-11-15-18(12-23-19)24-13-25-20(15)26-14-4-5-17(22)16(21)10-14/h4-5,8-13H,3,6-7H2,1-2H3,(H,24,25,26). The number of hydrogen-bond donors (Lipinski definition) is 1. The molecule has 0 aliphatic heterocycles. The minimum atomic E-state index is -3.84. The number of nitrogens with zero attached hydrogens (tertiary/aromatic N) is 4. The topological polar surface area (TPSA) is 97.3 Å². The number of rotatable bonds is 9. The molecule has 3 aromatic rings. The normalized spacial score (nSPS) is 12.0. The first-order chi connectivity index (χ1) is 14.8. The fraction of sp³-hybridized carbons (Fsp3) is 0.250. The number of fused-ring (bicyclic) bond motifs is 1. The number of ether oxygens (including phenoxy) is 1. The highest BCUT2D eigenvalue weighted by Gasteiger charge is 2.16. The van der Waals surface area contributed by atoms with E-state index in [-0.39, 0.29) is 10.0 Å². The summed E-state index contributed by atoms with van der Waals surface area (Å²) in [4.78, 5) is 14.3. The Morgan fingerprint density at radius 1 is 1.23 bits per heavy atom. The van der Waals surface area contributed by atoms with Crippen LogP contribution in [0.25, 0.3) is 10.9 Å². The molecular formula is C20H21ClFN5O3S. The minimum Gasteiger partial charge on any atom is -0.500 e. The molecular weight excluding hydrogens is 445 g/mol. The van der Waals surface area contributed by atoms with Crippen molar-refractivity contribution in [2.75, 3.05) is 32.6 Å². The summed E-state index contributed by atoms with van der Waals surface area (Å²) in [7, 11) is 0.0569. The Morgan fingerprint density at radius 3 is 2.77 bits per heavy atom. The van der Waals surface area contributed by atoms with E-state index >= 15 is 0 Å². The second-order valence-electron chi connectivity index (χ2n) is 6.86. The van der Waals surface area contributed by atoms with Gasteiger partial charge in [0.2, 0.25) is 9.84 Å². The summed E-state index contributed by atoms with van der Waals surface area (Å²) in [6.07, 6.45) is 4.58. The molecule has 1 N–H and O–H groups in total. The van der Waals surface area contributed by atoms with Crippen molar-refractivity contribution in [3.05, 3.63) is 59.3 Å². The molecule has 164 valence electrons. The average Bonchev–Trinajstić information content (AvgIpc) is 2.73. The van der Waals surface area contributed by atoms with Gasteiger partial charge in [0.05, 0.1) is 35.0 Å². The van der Waals surface area contributed by atoms with Crippen LogP contribution in [-0.2, 0) is 14.6 Å². The van der Waals surface area contributed by atoms with Crippen molar-refractivity contribution in [1.82, 2.24) is 19.9 Å². The molecule has 0 aliphatic rings. The molecule has 0 saturated carbocycles. The lowest BCUT2D eigenvalue weighted by Crippen LogP contribution is -2.14. The van der Waals surface area contributed by atoms with Crippen molar-refractivity contribution in [3.63, 3.8) is 0 Å². The van der Waals surface area contributed by atoms with Crippen molar-refractivity contribution in [1.29, 1.82) is 0 Å². The van der Waals surface area contributed by atoms with Gasteiger partial charge in [0.25, 0.3) is 0 Å². The van der Waals surface area contributed by atoms with E-state index in [1.807, 2.05) is 19.0 Å². The molecule has 8 nitrogen and oxygen atoms in total. The number of hydrogen-bond acceptors (Lipinski definition) is 8. The first kappa shape index (κ1) is 22.9. The number of aromatic nitrogens is 3. The maximum atomic E-state index is 13.4. The molecule has 0 amide bonds. The molecule has 0 bridgehead atoms. The zero-order valence-electron chi connectivity index (χ0n) is 16.9. The fourth-order valence-electron chi connectivity index (χ4n) is 2.62. The van der Waals surface area contributed by atoms with Gasteiger partial charge in [-0.05, 0) is 44.8 Å². The molecule has 0 atom stereocenters. The predicted molar refractivity (Wildman–Crippen MR) is 117 cm³/mol. The molecule has 11 heteroatoms. The van der Waals surface area contributed by atoms with Gasteiger partial charge < -0.3 is 15.0 Å². The zero-order chi connectivity index (χ0) is 22.4. The van der Waals surface area contributed by atoms with Crippen LogP contribution in [-0.4, -0.2) is 55.5 Å². The molecule has 1 aromatic carbocycles. The van der Waals surface area contributed by atoms with Gasteiger partial charge in [0, 0.05) is 17.6 Å². The molecule has 0 spiro atoms. The van der Waals surface area contributed by atoms with Crippen molar-refractivity contribution in [3.8, 4) is 0 Å². The van der Waals surface area contributed by atoms with Crippen molar-refractivity contribution >= 4 is 43.8 Å². The fourth-order valence-corrected chi connectivity index (χ4v) is 3.65. The van der Waals surface area contributed by atoms with Crippen LogP contribution in [0.2, 0.25) is 5.02 Å². The molecule has 2 heterocycles. The monoisotopic (exact) mass is 465 g/mol. The van der Waals surface area contributed by atoms with Crippen LogP contribution < -0.4 is 5.32 Å². The van der Waals surface area contributed by atoms with E-state index in [1.165, 1.54) is 36.8 Å². The van der Waals surface area contributed by atoms with E-state index in [4.69, 9.17) is 16.3 Å². The van der Waals surface area contributed by atoms with Crippen molar-refractivity contribution in [2.45, 2.75) is 11.4 Å². The van der Waals surface area contributed by atoms with Crippen LogP contribution in [0.15, 0.2) is 53.5 Å². The number of pyridine rings is 1. The van der Waals surface area contributed by atoms with Gasteiger partial charge in [-0.25, -0.2) is 27.8 Å². The summed E-state index contributed by atoms with van der Waals surface area (Å²) in [6, 6.07) is 5.48. The van der Waals surface area contributed by atoms with Crippen LogP contribution in [0.5, 0.6) is 0 Å². The number of sulfone groups is 1. The Hall–Kier alpha value is -2.82. The first-order valence-electron chi connectivity index (χ1n) is 9.27. The van der Waals surface area contributed by atoms with Crippen LogP contribution in [0, 0.1) is 5.82 Å². The second-order valence-corrected chi connectivity index (χ2v) is 9.05. The number of nitrogens with one attached hydrogen (secondary N) is 1. The van der Waals surface area contributed by atoms with E-state index in [1.54, 1.807) is 0 Å². The van der Waals surface area contributed by atoms with Crippen LogP contribution in [0.4, 0.5) is 15.9 Å². The molecule has 31 heavy (non-hydrogen) atoms. The highest BCUT2D eigenvalue weighted by atomic mass is 35.5. The molecule has 0 fully saturated rings. The predicted octanol–water partition coefficient (Wildman–Crippen LogP) is 3.77. The Labute approximate surface area is 184 Å². The zero-order valence-corrected chi connectivity index (χ0v) is 18.5. The number of benzene rings is 1. The molecule has 0 unspecified atom stereocenters. The SMILES string of the molecule is CN(C)CCCOC=CS(=O)(=O)c1cc2c(Nc3ccc(F)c(Cl)c3)ncnc2cn1. The average molecular weight is 466 g/mol. The Bertz CT molecular complexity index is 1200. The van der Waals surface area contributed by atoms with Crippen LogP contribution in [0.3, 0.4) is 0 Å². The Balaban J connectivity index is 1.82. The van der Waals surface area contributed by atoms with Gasteiger partial charge >= 0.3 is 0 Å². The van der Waals surface area contributed by atoms with E-state index < -0.39 is 15.7 Å². The highest BCUT2D eigenvalue weighted by molar-refractivity contribution is 7.94. The third kappa shape index (κ3) is 6.09. The summed E-state index contributed by atoms with van der Waals surface area (Å²) in [5.74, 6) is -0.219. The molecule has 3 rings (SSSR count). The van der Waals surface area contributed by atoms with Crippen molar-refractivity contribution < 1.29 is 17.5 Å². The lowest BCUT2D eigenvalue weighted by Gasteiger charge is -2.10. The maximum absolute atomic E-state index is 13.4. The molecule has 0 saturated heterocycles. The van der Waals surface area contributed by atoms with Gasteiger partial charge in [0.15, 0.2) is 5.03 Å². The lowest BCUT2D eigenvalue weighted by atomic mass is 10.2. The summed E-state index contributed by atoms with van der Waals surface area (Å²) in [6.45, 7) is 1.24. The van der Waals surface area contributed by atoms with Crippen LogP contribution in [0.1, 0.15) is 6.42 Å². The van der Waals surface area contributed by atoms with E-state index in [0.717, 1.165) is 24.6 Å². The second kappa shape index (κ2) is 9.99. The third-order valence-electron chi connectivity index (χ3n) is 4.17. The summed E-state index contributed by atoms with van der Waals surface area (Å²) in [5, 5.41) is 4.16. The minimum absolute atomic E-state index is 0.0518. The Kier molecular flexibility index (Phi) is 7.37. The smallest absolute Gasteiger partial charge is 0.220 e. The number of halogens is 2. The summed E-state index contributed by atoms with van der Waals surface area (Å²) in [5.41, 5.74) is 0.923. The van der Waals surface area contributed by atoms with E-state index in [2.05, 4.69) is 20.3 Å². The Morgan fingerprint density at radius 2 is 2.03 bits per heavy atom. The van der Waals surface area contributed by atoms with Gasteiger partial charge in [-0.3, -0.25) is 0 Å². The van der Waals surface area contributed by atoms with Gasteiger partial charge in [-0.2, -0.15) is 0 Å². The van der Waals surface area contributed by atoms with Gasteiger partial charge in [-0.15, -0.1) is 0 Å². The highest BCUT2D eigenvalue weighted by Crippen LogP contribution is 2.27. The summed E-state index contributed by atoms with van der Waals surface area (Å²) < 4.78 is 43.9. The largest absolute Gasteiger partial charge is 0.500 e.